The van der Waals surface area contributed by atoms with Crippen molar-refractivity contribution in [3.05, 3.63) is 42.0 Å². The van der Waals surface area contributed by atoms with Crippen molar-refractivity contribution in [2.45, 2.75) is 13.1 Å². The lowest BCUT2D eigenvalue weighted by Gasteiger charge is -2.11. The Kier molecular flexibility index (Phi) is 5.10. The maximum Gasteiger partial charge on any atom is 0.260 e. The maximum atomic E-state index is 12.7. The van der Waals surface area contributed by atoms with Crippen molar-refractivity contribution in [1.82, 2.24) is 36.4 Å². The van der Waals surface area contributed by atoms with E-state index in [2.05, 4.69) is 31.7 Å². The van der Waals surface area contributed by atoms with Gasteiger partial charge >= 0.3 is 0 Å². The van der Waals surface area contributed by atoms with Crippen LogP contribution in [0.5, 0.6) is 0 Å². The van der Waals surface area contributed by atoms with Crippen molar-refractivity contribution < 1.29 is 9.18 Å². The molecule has 8 nitrogen and oxygen atoms in total. The van der Waals surface area contributed by atoms with Crippen molar-refractivity contribution in [2.75, 3.05) is 0 Å². The predicted molar refractivity (Wildman–Crippen MR) is 74.9 cm³/mol. The van der Waals surface area contributed by atoms with Gasteiger partial charge in [-0.25, -0.2) is 9.07 Å². The second kappa shape index (κ2) is 7.24. The van der Waals surface area contributed by atoms with E-state index in [1.54, 1.807) is 12.1 Å². The largest absolute Gasteiger partial charge is 0.357 e. The lowest BCUT2D eigenvalue weighted by Crippen LogP contribution is -2.47. The third kappa shape index (κ3) is 5.10. The lowest BCUT2D eigenvalue weighted by atomic mass is 10.2. The second-order valence-electron chi connectivity index (χ2n) is 3.99. The van der Waals surface area contributed by atoms with Crippen molar-refractivity contribution >= 4 is 23.2 Å². The normalized spacial score (nSPS) is 9.95. The van der Waals surface area contributed by atoms with Crippen LogP contribution in [0.3, 0.4) is 0 Å². The van der Waals surface area contributed by atoms with Gasteiger partial charge in [-0.2, -0.15) is 0 Å². The van der Waals surface area contributed by atoms with Gasteiger partial charge in [-0.3, -0.25) is 15.6 Å². The molecule has 0 bridgehead atoms. The summed E-state index contributed by atoms with van der Waals surface area (Å²) in [7, 11) is 0. The highest BCUT2D eigenvalue weighted by molar-refractivity contribution is 7.80. The Balaban J connectivity index is 1.67. The fourth-order valence-corrected chi connectivity index (χ4v) is 1.52. The number of halogens is 1. The second-order valence-corrected chi connectivity index (χ2v) is 4.40. The van der Waals surface area contributed by atoms with Gasteiger partial charge in [-0.1, -0.05) is 12.1 Å². The van der Waals surface area contributed by atoms with Gasteiger partial charge < -0.3 is 5.32 Å². The zero-order valence-corrected chi connectivity index (χ0v) is 11.6. The number of hydrogen-bond donors (Lipinski definition) is 3. The van der Waals surface area contributed by atoms with Crippen LogP contribution in [0.15, 0.2) is 30.6 Å². The number of carbonyl (C=O) groups excluding carboxylic acids is 1. The van der Waals surface area contributed by atoms with E-state index in [0.29, 0.717) is 6.54 Å². The van der Waals surface area contributed by atoms with Gasteiger partial charge in [0.1, 0.15) is 18.7 Å². The third-order valence-electron chi connectivity index (χ3n) is 2.38. The average molecular weight is 309 g/mol. The number of nitrogens with zero attached hydrogens (tertiary/aromatic N) is 4. The van der Waals surface area contributed by atoms with E-state index in [1.807, 2.05) is 0 Å². The quantitative estimate of drug-likeness (QED) is 0.518. The molecule has 0 atom stereocenters. The molecular weight excluding hydrogens is 297 g/mol. The fourth-order valence-electron chi connectivity index (χ4n) is 1.39. The minimum absolute atomic E-state index is 0.0272. The molecule has 0 saturated heterocycles. The number of hydrazine groups is 1. The smallest absolute Gasteiger partial charge is 0.260 e. The van der Waals surface area contributed by atoms with E-state index >= 15 is 0 Å². The first kappa shape index (κ1) is 14.8. The molecule has 3 N–H and O–H groups in total. The summed E-state index contributed by atoms with van der Waals surface area (Å²) in [5, 5.41) is 13.5. The van der Waals surface area contributed by atoms with Gasteiger partial charge in [-0.15, -0.1) is 5.10 Å². The summed E-state index contributed by atoms with van der Waals surface area (Å²) in [5.74, 6) is -0.650. The maximum absolute atomic E-state index is 12.7. The van der Waals surface area contributed by atoms with Crippen LogP contribution in [0.25, 0.3) is 0 Å². The van der Waals surface area contributed by atoms with Gasteiger partial charge in [0.25, 0.3) is 5.91 Å². The van der Waals surface area contributed by atoms with Crippen LogP contribution in [0.2, 0.25) is 0 Å². The molecule has 0 fully saturated rings. The zero-order chi connectivity index (χ0) is 15.1. The van der Waals surface area contributed by atoms with Gasteiger partial charge in [0, 0.05) is 6.54 Å². The molecule has 0 radical (unpaired) electrons. The van der Waals surface area contributed by atoms with Crippen LogP contribution in [-0.4, -0.2) is 31.2 Å². The van der Waals surface area contributed by atoms with Crippen molar-refractivity contribution in [2.24, 2.45) is 0 Å². The molecule has 1 aromatic heterocycles. The van der Waals surface area contributed by atoms with Crippen molar-refractivity contribution in [1.29, 1.82) is 0 Å². The van der Waals surface area contributed by atoms with Crippen molar-refractivity contribution in [3.8, 4) is 0 Å². The summed E-state index contributed by atoms with van der Waals surface area (Å²) < 4.78 is 14.0. The number of hydrogen-bond acceptors (Lipinski definition) is 5. The van der Waals surface area contributed by atoms with E-state index in [0.717, 1.165) is 5.56 Å². The number of rotatable bonds is 4. The predicted octanol–water partition coefficient (Wildman–Crippen LogP) is -0.492. The number of aromatic nitrogens is 4. The Morgan fingerprint density at radius 2 is 2.05 bits per heavy atom. The molecule has 2 rings (SSSR count). The molecule has 0 aliphatic carbocycles. The van der Waals surface area contributed by atoms with Crippen LogP contribution in [0, 0.1) is 5.82 Å². The van der Waals surface area contributed by atoms with E-state index < -0.39 is 0 Å². The molecule has 0 aliphatic heterocycles. The van der Waals surface area contributed by atoms with Crippen molar-refractivity contribution in [3.63, 3.8) is 0 Å². The highest BCUT2D eigenvalue weighted by atomic mass is 32.1. The Hall–Kier alpha value is -2.62. The van der Waals surface area contributed by atoms with E-state index in [-0.39, 0.29) is 23.4 Å². The van der Waals surface area contributed by atoms with Crippen LogP contribution < -0.4 is 16.2 Å². The molecule has 0 aliphatic rings. The molecule has 10 heteroatoms. The SMILES string of the molecule is O=C(Cn1cnnn1)NNC(=S)NCc1ccc(F)cc1. The standard InChI is InChI=1S/C11H12FN7OS/c12-9-3-1-8(2-4-9)5-13-11(21)16-15-10(20)6-19-7-14-17-18-19/h1-4,7H,5-6H2,(H,15,20)(H2,13,16,21). The first-order chi connectivity index (χ1) is 10.1. The molecule has 1 heterocycles. The summed E-state index contributed by atoms with van der Waals surface area (Å²) in [6, 6.07) is 6.01. The molecule has 0 unspecified atom stereocenters. The topological polar surface area (TPSA) is 96.8 Å². The average Bonchev–Trinajstić information content (AvgIpc) is 2.97. The van der Waals surface area contributed by atoms with Crippen LogP contribution in [0.4, 0.5) is 4.39 Å². The zero-order valence-electron chi connectivity index (χ0n) is 10.8. The molecular formula is C11H12FN7OS. The molecule has 1 amide bonds. The van der Waals surface area contributed by atoms with Gasteiger partial charge in [0.15, 0.2) is 5.11 Å². The lowest BCUT2D eigenvalue weighted by molar-refractivity contribution is -0.122. The Morgan fingerprint density at radius 3 is 2.71 bits per heavy atom. The number of amides is 1. The van der Waals surface area contributed by atoms with Gasteiger partial charge in [-0.05, 0) is 40.3 Å². The van der Waals surface area contributed by atoms with E-state index in [9.17, 15) is 9.18 Å². The first-order valence-corrected chi connectivity index (χ1v) is 6.32. The Morgan fingerprint density at radius 1 is 1.29 bits per heavy atom. The highest BCUT2D eigenvalue weighted by Gasteiger charge is 2.04. The van der Waals surface area contributed by atoms with E-state index in [1.165, 1.54) is 23.1 Å². The molecule has 21 heavy (non-hydrogen) atoms. The Bertz CT molecular complexity index is 602. The molecule has 0 saturated carbocycles. The number of benzene rings is 1. The molecule has 1 aromatic carbocycles. The van der Waals surface area contributed by atoms with Crippen LogP contribution in [-0.2, 0) is 17.9 Å². The number of tetrazole rings is 1. The fraction of sp³-hybridized carbons (Fsp3) is 0.182. The molecule has 2 aromatic rings. The summed E-state index contributed by atoms with van der Waals surface area (Å²) >= 11 is 4.99. The Labute approximate surface area is 124 Å². The summed E-state index contributed by atoms with van der Waals surface area (Å²) in [5.41, 5.74) is 5.80. The molecule has 0 spiro atoms. The van der Waals surface area contributed by atoms with Gasteiger partial charge in [0.2, 0.25) is 0 Å². The molecule has 110 valence electrons. The highest BCUT2D eigenvalue weighted by Crippen LogP contribution is 2.01. The van der Waals surface area contributed by atoms with Crippen LogP contribution >= 0.6 is 12.2 Å². The summed E-state index contributed by atoms with van der Waals surface area (Å²) in [4.78, 5) is 11.5. The van der Waals surface area contributed by atoms with Gasteiger partial charge in [0.05, 0.1) is 0 Å². The number of nitrogens with one attached hydrogen (secondary N) is 3. The minimum Gasteiger partial charge on any atom is -0.357 e. The summed E-state index contributed by atoms with van der Waals surface area (Å²) in [6.07, 6.45) is 1.32. The number of thiocarbonyl (C=S) groups is 1. The van der Waals surface area contributed by atoms with Crippen LogP contribution in [0.1, 0.15) is 5.56 Å². The third-order valence-corrected chi connectivity index (χ3v) is 2.63. The minimum atomic E-state index is -0.353. The summed E-state index contributed by atoms with van der Waals surface area (Å²) in [6.45, 7) is 0.384. The number of carbonyl (C=O) groups is 1. The monoisotopic (exact) mass is 309 g/mol. The van der Waals surface area contributed by atoms with E-state index in [4.69, 9.17) is 12.2 Å². The first-order valence-electron chi connectivity index (χ1n) is 5.91.